The molecule has 1 amide bonds. The first-order valence-corrected chi connectivity index (χ1v) is 8.55. The van der Waals surface area contributed by atoms with Crippen LogP contribution in [0, 0.1) is 3.57 Å². The van der Waals surface area contributed by atoms with Gasteiger partial charge in [-0.3, -0.25) is 0 Å². The summed E-state index contributed by atoms with van der Waals surface area (Å²) >= 11 is 8.09. The largest absolute Gasteiger partial charge is 0.444 e. The van der Waals surface area contributed by atoms with E-state index in [1.54, 1.807) is 11.1 Å². The van der Waals surface area contributed by atoms with Crippen LogP contribution in [-0.2, 0) is 4.74 Å². The molecule has 2 rings (SSSR count). The lowest BCUT2D eigenvalue weighted by atomic mass is 10.2. The Morgan fingerprint density at radius 3 is 2.73 bits per heavy atom. The van der Waals surface area contributed by atoms with Crippen molar-refractivity contribution in [3.8, 4) is 0 Å². The normalized spacial score (nSPS) is 19.3. The van der Waals surface area contributed by atoms with E-state index in [9.17, 15) is 4.79 Å². The number of halogens is 2. The minimum Gasteiger partial charge on any atom is -0.444 e. The van der Waals surface area contributed by atoms with Crippen LogP contribution in [0.5, 0.6) is 0 Å². The van der Waals surface area contributed by atoms with Crippen LogP contribution < -0.4 is 4.90 Å². The number of ether oxygens (including phenoxy) is 1. The summed E-state index contributed by atoms with van der Waals surface area (Å²) in [6.45, 7) is 9.54. The molecule has 1 aromatic heterocycles. The minimum atomic E-state index is -0.479. The predicted molar refractivity (Wildman–Crippen MR) is 94.4 cm³/mol. The van der Waals surface area contributed by atoms with E-state index in [-0.39, 0.29) is 17.4 Å². The Hall–Kier alpha value is -0.830. The number of anilines is 1. The standard InChI is InChI=1S/C14H20ClIN4O2/c1-9-8-19(13(21)22-14(2,3)4)5-6-20(9)11-10(16)7-17-12(15)18-11/h7,9H,5-6,8H2,1-4H3/t9-/m1/s1. The van der Waals surface area contributed by atoms with E-state index in [1.807, 2.05) is 20.8 Å². The Labute approximate surface area is 149 Å². The van der Waals surface area contributed by atoms with Gasteiger partial charge >= 0.3 is 6.09 Å². The molecule has 0 aliphatic carbocycles. The van der Waals surface area contributed by atoms with Crippen LogP contribution in [0.25, 0.3) is 0 Å². The zero-order chi connectivity index (χ0) is 16.5. The lowest BCUT2D eigenvalue weighted by Gasteiger charge is -2.41. The van der Waals surface area contributed by atoms with Crippen LogP contribution in [0.2, 0.25) is 5.28 Å². The number of piperazine rings is 1. The number of amides is 1. The molecule has 2 heterocycles. The highest BCUT2D eigenvalue weighted by molar-refractivity contribution is 14.1. The van der Waals surface area contributed by atoms with Gasteiger partial charge in [0.05, 0.1) is 3.57 Å². The molecule has 122 valence electrons. The van der Waals surface area contributed by atoms with E-state index in [0.29, 0.717) is 19.6 Å². The summed E-state index contributed by atoms with van der Waals surface area (Å²) in [6, 6.07) is 0.126. The highest BCUT2D eigenvalue weighted by atomic mass is 127. The third-order valence-corrected chi connectivity index (χ3v) is 4.19. The second kappa shape index (κ2) is 6.74. The molecular formula is C14H20ClIN4O2. The summed E-state index contributed by atoms with van der Waals surface area (Å²) in [7, 11) is 0. The zero-order valence-electron chi connectivity index (χ0n) is 13.1. The Bertz CT molecular complexity index is 564. The van der Waals surface area contributed by atoms with Crippen molar-refractivity contribution in [3.63, 3.8) is 0 Å². The van der Waals surface area contributed by atoms with E-state index in [2.05, 4.69) is 44.4 Å². The van der Waals surface area contributed by atoms with Crippen LogP contribution in [0.15, 0.2) is 6.20 Å². The molecule has 6 nitrogen and oxygen atoms in total. The molecule has 8 heteroatoms. The second-order valence-electron chi connectivity index (χ2n) is 6.28. The molecule has 0 N–H and O–H groups in total. The van der Waals surface area contributed by atoms with Crippen molar-refractivity contribution in [1.82, 2.24) is 14.9 Å². The van der Waals surface area contributed by atoms with E-state index in [4.69, 9.17) is 16.3 Å². The molecule has 0 unspecified atom stereocenters. The number of hydrogen-bond donors (Lipinski definition) is 0. The van der Waals surface area contributed by atoms with Gasteiger partial charge in [0.25, 0.3) is 0 Å². The molecule has 0 saturated carbocycles. The fourth-order valence-electron chi connectivity index (χ4n) is 2.30. The van der Waals surface area contributed by atoms with Crippen molar-refractivity contribution in [2.24, 2.45) is 0 Å². The molecule has 1 fully saturated rings. The fraction of sp³-hybridized carbons (Fsp3) is 0.643. The van der Waals surface area contributed by atoms with Crippen molar-refractivity contribution in [2.75, 3.05) is 24.5 Å². The van der Waals surface area contributed by atoms with Gasteiger partial charge in [-0.15, -0.1) is 0 Å². The van der Waals surface area contributed by atoms with Crippen LogP contribution >= 0.6 is 34.2 Å². The molecule has 0 radical (unpaired) electrons. The first kappa shape index (κ1) is 17.5. The first-order valence-electron chi connectivity index (χ1n) is 7.10. The van der Waals surface area contributed by atoms with Crippen molar-refractivity contribution in [3.05, 3.63) is 15.1 Å². The zero-order valence-corrected chi connectivity index (χ0v) is 16.1. The first-order chi connectivity index (χ1) is 10.2. The molecule has 0 aromatic carbocycles. The average molecular weight is 439 g/mol. The van der Waals surface area contributed by atoms with Crippen molar-refractivity contribution in [2.45, 2.75) is 39.3 Å². The average Bonchev–Trinajstić information content (AvgIpc) is 2.40. The van der Waals surface area contributed by atoms with Crippen molar-refractivity contribution >= 4 is 46.1 Å². The van der Waals surface area contributed by atoms with Gasteiger partial charge in [-0.05, 0) is 61.9 Å². The maximum Gasteiger partial charge on any atom is 0.410 e. The summed E-state index contributed by atoms with van der Waals surface area (Å²) < 4.78 is 6.37. The summed E-state index contributed by atoms with van der Waals surface area (Å²) in [4.78, 5) is 24.3. The third kappa shape index (κ3) is 4.34. The third-order valence-electron chi connectivity index (χ3n) is 3.25. The SMILES string of the molecule is C[C@@H]1CN(C(=O)OC(C)(C)C)CCN1c1nc(Cl)ncc1I. The molecule has 1 atom stereocenters. The van der Waals surface area contributed by atoms with Gasteiger partial charge < -0.3 is 14.5 Å². The van der Waals surface area contributed by atoms with E-state index in [0.717, 1.165) is 9.39 Å². The Balaban J connectivity index is 2.07. The topological polar surface area (TPSA) is 58.6 Å². The van der Waals surface area contributed by atoms with E-state index >= 15 is 0 Å². The molecule has 1 aliphatic heterocycles. The lowest BCUT2D eigenvalue weighted by Crippen LogP contribution is -2.55. The number of hydrogen-bond acceptors (Lipinski definition) is 5. The molecule has 1 aromatic rings. The van der Waals surface area contributed by atoms with Gasteiger partial charge in [-0.2, -0.15) is 4.98 Å². The monoisotopic (exact) mass is 438 g/mol. The summed E-state index contributed by atoms with van der Waals surface area (Å²) in [5.74, 6) is 0.817. The molecule has 22 heavy (non-hydrogen) atoms. The smallest absolute Gasteiger partial charge is 0.410 e. The van der Waals surface area contributed by atoms with Crippen LogP contribution in [-0.4, -0.2) is 52.2 Å². The summed E-state index contributed by atoms with van der Waals surface area (Å²) in [5.41, 5.74) is -0.479. The number of carbonyl (C=O) groups is 1. The maximum atomic E-state index is 12.2. The summed E-state index contributed by atoms with van der Waals surface area (Å²) in [6.07, 6.45) is 1.44. The van der Waals surface area contributed by atoms with Crippen LogP contribution in [0.4, 0.5) is 10.6 Å². The van der Waals surface area contributed by atoms with Crippen molar-refractivity contribution < 1.29 is 9.53 Å². The predicted octanol–water partition coefficient (Wildman–Crippen LogP) is 3.18. The van der Waals surface area contributed by atoms with Crippen molar-refractivity contribution in [1.29, 1.82) is 0 Å². The van der Waals surface area contributed by atoms with E-state index in [1.165, 1.54) is 0 Å². The van der Waals surface area contributed by atoms with Crippen LogP contribution in [0.3, 0.4) is 0 Å². The van der Waals surface area contributed by atoms with Gasteiger partial charge in [0.1, 0.15) is 11.4 Å². The fourth-order valence-corrected chi connectivity index (χ4v) is 3.00. The minimum absolute atomic E-state index is 0.126. The molecule has 1 saturated heterocycles. The Morgan fingerprint density at radius 2 is 2.14 bits per heavy atom. The lowest BCUT2D eigenvalue weighted by molar-refractivity contribution is 0.0218. The van der Waals surface area contributed by atoms with Gasteiger partial charge in [0, 0.05) is 31.9 Å². The number of nitrogens with zero attached hydrogens (tertiary/aromatic N) is 4. The highest BCUT2D eigenvalue weighted by Gasteiger charge is 2.31. The summed E-state index contributed by atoms with van der Waals surface area (Å²) in [5, 5.41) is 0.234. The van der Waals surface area contributed by atoms with Gasteiger partial charge in [0.2, 0.25) is 5.28 Å². The molecule has 0 bridgehead atoms. The molecule has 0 spiro atoms. The Morgan fingerprint density at radius 1 is 1.45 bits per heavy atom. The quantitative estimate of drug-likeness (QED) is 0.498. The van der Waals surface area contributed by atoms with Gasteiger partial charge in [-0.25, -0.2) is 9.78 Å². The van der Waals surface area contributed by atoms with E-state index < -0.39 is 5.60 Å². The van der Waals surface area contributed by atoms with Gasteiger partial charge in [-0.1, -0.05) is 0 Å². The van der Waals surface area contributed by atoms with Crippen LogP contribution in [0.1, 0.15) is 27.7 Å². The maximum absolute atomic E-state index is 12.2. The number of rotatable bonds is 1. The van der Waals surface area contributed by atoms with Gasteiger partial charge in [0.15, 0.2) is 0 Å². The highest BCUT2D eigenvalue weighted by Crippen LogP contribution is 2.25. The molecular weight excluding hydrogens is 419 g/mol. The number of carbonyl (C=O) groups excluding carboxylic acids is 1. The molecule has 1 aliphatic rings. The Kier molecular flexibility index (Phi) is 5.37. The number of aromatic nitrogens is 2. The second-order valence-corrected chi connectivity index (χ2v) is 7.78.